The molecule has 0 aliphatic heterocycles. The smallest absolute Gasteiger partial charge is 0.226 e. The molecule has 0 fully saturated rings. The van der Waals surface area contributed by atoms with Crippen molar-refractivity contribution in [1.29, 1.82) is 0 Å². The summed E-state index contributed by atoms with van der Waals surface area (Å²) in [4.78, 5) is 14.1. The van der Waals surface area contributed by atoms with E-state index < -0.39 is 0 Å². The number of hydrogen-bond acceptors (Lipinski definition) is 4. The highest BCUT2D eigenvalue weighted by Gasteiger charge is 2.12. The van der Waals surface area contributed by atoms with Crippen LogP contribution in [0.15, 0.2) is 54.6 Å². The number of unbranched alkanes of at least 4 members (excludes halogenated alkanes) is 1. The minimum absolute atomic E-state index is 0.122. The van der Waals surface area contributed by atoms with E-state index in [1.165, 1.54) is 5.56 Å². The molecule has 0 spiro atoms. The summed E-state index contributed by atoms with van der Waals surface area (Å²) in [5.41, 5.74) is 3.06. The first-order chi connectivity index (χ1) is 12.6. The van der Waals surface area contributed by atoms with E-state index >= 15 is 0 Å². The zero-order chi connectivity index (χ0) is 18.4. The van der Waals surface area contributed by atoms with Gasteiger partial charge in [-0.05, 0) is 54.5 Å². The number of anilines is 1. The fraction of sp³-hybridized carbons (Fsp3) is 0.300. The van der Waals surface area contributed by atoms with Crippen molar-refractivity contribution in [1.82, 2.24) is 20.2 Å². The van der Waals surface area contributed by atoms with Crippen molar-refractivity contribution in [2.45, 2.75) is 32.6 Å². The number of hydrogen-bond donors (Lipinski definition) is 0. The molecule has 0 radical (unpaired) electrons. The van der Waals surface area contributed by atoms with Gasteiger partial charge in [0.2, 0.25) is 5.91 Å². The lowest BCUT2D eigenvalue weighted by molar-refractivity contribution is -0.118. The SMILES string of the molecule is Cc1ccc(N(C)C(=O)CCCCc2nnnn2-c2ccccc2)cc1. The first kappa shape index (κ1) is 17.8. The second-order valence-electron chi connectivity index (χ2n) is 6.34. The Hall–Kier alpha value is -3.02. The topological polar surface area (TPSA) is 63.9 Å². The van der Waals surface area contributed by atoms with Gasteiger partial charge in [-0.3, -0.25) is 4.79 Å². The fourth-order valence-corrected chi connectivity index (χ4v) is 2.77. The number of nitrogens with zero attached hydrogens (tertiary/aromatic N) is 5. The number of carbonyl (C=O) groups is 1. The molecule has 6 heteroatoms. The molecule has 0 N–H and O–H groups in total. The number of para-hydroxylation sites is 1. The Labute approximate surface area is 153 Å². The Morgan fingerprint density at radius 1 is 1.04 bits per heavy atom. The van der Waals surface area contributed by atoms with Gasteiger partial charge in [-0.2, -0.15) is 4.68 Å². The van der Waals surface area contributed by atoms with E-state index in [2.05, 4.69) is 15.5 Å². The molecule has 1 heterocycles. The molecule has 6 nitrogen and oxygen atoms in total. The van der Waals surface area contributed by atoms with Crippen LogP contribution < -0.4 is 4.90 Å². The Bertz CT molecular complexity index is 842. The molecule has 0 saturated heterocycles. The third-order valence-corrected chi connectivity index (χ3v) is 4.37. The summed E-state index contributed by atoms with van der Waals surface area (Å²) in [6, 6.07) is 17.8. The average Bonchev–Trinajstić information content (AvgIpc) is 3.14. The molecule has 26 heavy (non-hydrogen) atoms. The number of rotatable bonds is 7. The predicted molar refractivity (Wildman–Crippen MR) is 101 cm³/mol. The number of aryl methyl sites for hydroxylation is 2. The van der Waals surface area contributed by atoms with Gasteiger partial charge < -0.3 is 4.90 Å². The van der Waals surface area contributed by atoms with Crippen LogP contribution >= 0.6 is 0 Å². The minimum Gasteiger partial charge on any atom is -0.316 e. The Morgan fingerprint density at radius 2 is 1.77 bits per heavy atom. The van der Waals surface area contributed by atoms with Gasteiger partial charge >= 0.3 is 0 Å². The molecule has 0 bridgehead atoms. The van der Waals surface area contributed by atoms with Crippen LogP contribution in [0.1, 0.15) is 30.7 Å². The Morgan fingerprint density at radius 3 is 2.50 bits per heavy atom. The van der Waals surface area contributed by atoms with Gasteiger partial charge in [-0.25, -0.2) is 0 Å². The summed E-state index contributed by atoms with van der Waals surface area (Å²) in [5, 5.41) is 11.9. The average molecular weight is 349 g/mol. The van der Waals surface area contributed by atoms with Crippen LogP contribution in [0, 0.1) is 6.92 Å². The van der Waals surface area contributed by atoms with E-state index in [1.54, 1.807) is 9.58 Å². The van der Waals surface area contributed by atoms with Gasteiger partial charge in [0.1, 0.15) is 0 Å². The second kappa shape index (κ2) is 8.38. The molecule has 0 unspecified atom stereocenters. The lowest BCUT2D eigenvalue weighted by atomic mass is 10.1. The van der Waals surface area contributed by atoms with Crippen molar-refractivity contribution in [2.75, 3.05) is 11.9 Å². The van der Waals surface area contributed by atoms with E-state index in [0.717, 1.165) is 36.5 Å². The summed E-state index contributed by atoms with van der Waals surface area (Å²) in [7, 11) is 1.82. The molecule has 0 aliphatic rings. The minimum atomic E-state index is 0.122. The molecular weight excluding hydrogens is 326 g/mol. The molecule has 1 aromatic heterocycles. The number of aromatic nitrogens is 4. The van der Waals surface area contributed by atoms with Crippen molar-refractivity contribution >= 4 is 11.6 Å². The van der Waals surface area contributed by atoms with Crippen LogP contribution in [0.2, 0.25) is 0 Å². The van der Waals surface area contributed by atoms with Crippen molar-refractivity contribution in [2.24, 2.45) is 0 Å². The van der Waals surface area contributed by atoms with Crippen LogP contribution in [0.3, 0.4) is 0 Å². The maximum absolute atomic E-state index is 12.4. The summed E-state index contributed by atoms with van der Waals surface area (Å²) in [6.45, 7) is 2.04. The summed E-state index contributed by atoms with van der Waals surface area (Å²) in [5.74, 6) is 0.937. The molecule has 0 atom stereocenters. The third kappa shape index (κ3) is 4.33. The zero-order valence-corrected chi connectivity index (χ0v) is 15.2. The van der Waals surface area contributed by atoms with E-state index in [0.29, 0.717) is 6.42 Å². The first-order valence-corrected chi connectivity index (χ1v) is 8.81. The summed E-state index contributed by atoms with van der Waals surface area (Å²) < 4.78 is 1.75. The molecule has 134 valence electrons. The van der Waals surface area contributed by atoms with Gasteiger partial charge in [0.25, 0.3) is 0 Å². The largest absolute Gasteiger partial charge is 0.316 e. The summed E-state index contributed by atoms with van der Waals surface area (Å²) >= 11 is 0. The predicted octanol–water partition coefficient (Wildman–Crippen LogP) is 3.35. The maximum atomic E-state index is 12.4. The molecule has 0 saturated carbocycles. The van der Waals surface area contributed by atoms with Crippen LogP contribution in [-0.2, 0) is 11.2 Å². The molecule has 3 rings (SSSR count). The van der Waals surface area contributed by atoms with E-state index in [9.17, 15) is 4.79 Å². The zero-order valence-electron chi connectivity index (χ0n) is 15.2. The van der Waals surface area contributed by atoms with Crippen LogP contribution in [0.5, 0.6) is 0 Å². The fourth-order valence-electron chi connectivity index (χ4n) is 2.77. The number of carbonyl (C=O) groups excluding carboxylic acids is 1. The van der Waals surface area contributed by atoms with Crippen molar-refractivity contribution in [3.8, 4) is 5.69 Å². The molecular formula is C20H23N5O. The van der Waals surface area contributed by atoms with Gasteiger partial charge in [0.05, 0.1) is 5.69 Å². The van der Waals surface area contributed by atoms with Crippen molar-refractivity contribution in [3.05, 3.63) is 66.0 Å². The maximum Gasteiger partial charge on any atom is 0.226 e. The van der Waals surface area contributed by atoms with Crippen LogP contribution in [0.4, 0.5) is 5.69 Å². The lowest BCUT2D eigenvalue weighted by Crippen LogP contribution is -2.25. The molecule has 2 aromatic carbocycles. The normalized spacial score (nSPS) is 10.7. The van der Waals surface area contributed by atoms with E-state index in [1.807, 2.05) is 68.6 Å². The Kier molecular flexibility index (Phi) is 5.73. The van der Waals surface area contributed by atoms with Gasteiger partial charge in [0.15, 0.2) is 5.82 Å². The molecule has 1 amide bonds. The lowest BCUT2D eigenvalue weighted by Gasteiger charge is -2.17. The van der Waals surface area contributed by atoms with Crippen molar-refractivity contribution < 1.29 is 4.79 Å². The first-order valence-electron chi connectivity index (χ1n) is 8.81. The van der Waals surface area contributed by atoms with E-state index in [4.69, 9.17) is 0 Å². The Balaban J connectivity index is 1.49. The quantitative estimate of drug-likeness (QED) is 0.614. The highest BCUT2D eigenvalue weighted by molar-refractivity contribution is 5.92. The number of benzene rings is 2. The monoisotopic (exact) mass is 349 g/mol. The third-order valence-electron chi connectivity index (χ3n) is 4.37. The van der Waals surface area contributed by atoms with Crippen LogP contribution in [0.25, 0.3) is 5.69 Å². The van der Waals surface area contributed by atoms with E-state index in [-0.39, 0.29) is 5.91 Å². The molecule has 0 aliphatic carbocycles. The molecule has 3 aromatic rings. The number of tetrazole rings is 1. The standard InChI is InChI=1S/C20H23N5O/c1-16-12-14-17(15-13-16)24(2)20(26)11-7-6-10-19-21-22-23-25(19)18-8-4-3-5-9-18/h3-5,8-9,12-15H,6-7,10-11H2,1-2H3. The van der Waals surface area contributed by atoms with Crippen LogP contribution in [-0.4, -0.2) is 33.2 Å². The second-order valence-corrected chi connectivity index (χ2v) is 6.34. The van der Waals surface area contributed by atoms with Gasteiger partial charge in [0, 0.05) is 25.6 Å². The number of amides is 1. The van der Waals surface area contributed by atoms with Gasteiger partial charge in [-0.15, -0.1) is 5.10 Å². The summed E-state index contributed by atoms with van der Waals surface area (Å²) in [6.07, 6.45) is 2.91. The highest BCUT2D eigenvalue weighted by atomic mass is 16.2. The van der Waals surface area contributed by atoms with Gasteiger partial charge in [-0.1, -0.05) is 35.9 Å². The highest BCUT2D eigenvalue weighted by Crippen LogP contribution is 2.16. The van der Waals surface area contributed by atoms with Crippen molar-refractivity contribution in [3.63, 3.8) is 0 Å².